The quantitative estimate of drug-likeness (QED) is 0.718. The normalized spacial score (nSPS) is 11.1. The Hall–Kier alpha value is -2.23. The molecule has 3 nitrogen and oxygen atoms in total. The van der Waals surface area contributed by atoms with E-state index in [0.717, 1.165) is 27.7 Å². The second-order valence-corrected chi connectivity index (χ2v) is 4.49. The second-order valence-electron chi connectivity index (χ2n) is 4.49. The topological polar surface area (TPSA) is 30.7 Å². The smallest absolute Gasteiger partial charge is 0.107 e. The predicted octanol–water partition coefficient (Wildman–Crippen LogP) is 3.38. The third kappa shape index (κ3) is 1.99. The number of hydrogen-bond acceptors (Lipinski definition) is 2. The maximum atomic E-state index is 12.5. The van der Waals surface area contributed by atoms with Gasteiger partial charge in [-0.05, 0) is 24.6 Å². The summed E-state index contributed by atoms with van der Waals surface area (Å²) in [6.07, 6.45) is 5.32. The highest BCUT2D eigenvalue weighted by Gasteiger charge is 2.10. The predicted molar refractivity (Wildman–Crippen MR) is 73.7 cm³/mol. The van der Waals surface area contributed by atoms with Crippen LogP contribution in [0.5, 0.6) is 0 Å². The van der Waals surface area contributed by atoms with Crippen LogP contribution in [0, 0.1) is 6.92 Å². The molecule has 0 amide bonds. The first-order valence-corrected chi connectivity index (χ1v) is 6.22. The van der Waals surface area contributed by atoms with Gasteiger partial charge >= 0.3 is 0 Å². The Morgan fingerprint density at radius 3 is 2.89 bits per heavy atom. The average Bonchev–Trinajstić information content (AvgIpc) is 2.83. The zero-order valence-corrected chi connectivity index (χ0v) is 10.7. The van der Waals surface area contributed by atoms with Crippen molar-refractivity contribution in [3.05, 3.63) is 48.5 Å². The van der Waals surface area contributed by atoms with Crippen LogP contribution in [0.3, 0.4) is 0 Å². The van der Waals surface area contributed by atoms with Crippen LogP contribution in [-0.2, 0) is 6.54 Å². The van der Waals surface area contributed by atoms with Crippen LogP contribution >= 0.6 is 0 Å². The number of rotatable bonds is 3. The first kappa shape index (κ1) is 11.8. The van der Waals surface area contributed by atoms with E-state index in [1.54, 1.807) is 12.5 Å². The van der Waals surface area contributed by atoms with Crippen LogP contribution in [0.15, 0.2) is 43.0 Å². The van der Waals surface area contributed by atoms with Crippen molar-refractivity contribution in [1.82, 2.24) is 14.5 Å². The zero-order valence-electron chi connectivity index (χ0n) is 10.7. The van der Waals surface area contributed by atoms with Gasteiger partial charge in [-0.3, -0.25) is 4.98 Å². The maximum Gasteiger partial charge on any atom is 0.107 e. The molecule has 0 aliphatic rings. The minimum Gasteiger partial charge on any atom is -0.328 e. The van der Waals surface area contributed by atoms with E-state index < -0.39 is 0 Å². The minimum absolute atomic E-state index is 0.339. The first-order chi connectivity index (χ1) is 9.31. The van der Waals surface area contributed by atoms with Crippen molar-refractivity contribution in [2.75, 3.05) is 6.67 Å². The summed E-state index contributed by atoms with van der Waals surface area (Å²) in [4.78, 5) is 8.60. The van der Waals surface area contributed by atoms with Gasteiger partial charge in [0.05, 0.1) is 23.9 Å². The monoisotopic (exact) mass is 255 g/mol. The van der Waals surface area contributed by atoms with Gasteiger partial charge in [0.25, 0.3) is 0 Å². The summed E-state index contributed by atoms with van der Waals surface area (Å²) in [6.45, 7) is 2.00. The molecular formula is C15H14FN3. The van der Waals surface area contributed by atoms with Crippen molar-refractivity contribution < 1.29 is 4.39 Å². The lowest BCUT2D eigenvalue weighted by Gasteiger charge is -2.06. The lowest BCUT2D eigenvalue weighted by atomic mass is 10.0. The second kappa shape index (κ2) is 4.80. The SMILES string of the molecule is Cc1ccncc1-c1cccc2c1ncn2CCF. The van der Waals surface area contributed by atoms with Gasteiger partial charge in [0.15, 0.2) is 0 Å². The summed E-state index contributed by atoms with van der Waals surface area (Å²) in [5.74, 6) is 0. The third-order valence-corrected chi connectivity index (χ3v) is 3.31. The molecular weight excluding hydrogens is 241 g/mol. The van der Waals surface area contributed by atoms with Gasteiger partial charge in [-0.25, -0.2) is 9.37 Å². The van der Waals surface area contributed by atoms with E-state index in [4.69, 9.17) is 0 Å². The molecule has 0 fully saturated rings. The number of aromatic nitrogens is 3. The number of fused-ring (bicyclic) bond motifs is 1. The van der Waals surface area contributed by atoms with Gasteiger partial charge in [-0.1, -0.05) is 12.1 Å². The fourth-order valence-electron chi connectivity index (χ4n) is 2.32. The van der Waals surface area contributed by atoms with Crippen LogP contribution in [0.4, 0.5) is 4.39 Å². The molecule has 3 rings (SSSR count). The maximum absolute atomic E-state index is 12.5. The number of para-hydroxylation sites is 1. The van der Waals surface area contributed by atoms with Gasteiger partial charge in [-0.15, -0.1) is 0 Å². The minimum atomic E-state index is -0.387. The number of nitrogens with zero attached hydrogens (tertiary/aromatic N) is 3. The molecule has 4 heteroatoms. The van der Waals surface area contributed by atoms with E-state index in [1.165, 1.54) is 0 Å². The lowest BCUT2D eigenvalue weighted by Crippen LogP contribution is -1.97. The molecule has 0 aliphatic heterocycles. The Morgan fingerprint density at radius 1 is 1.21 bits per heavy atom. The summed E-state index contributed by atoms with van der Waals surface area (Å²) >= 11 is 0. The van der Waals surface area contributed by atoms with Crippen LogP contribution < -0.4 is 0 Å². The Morgan fingerprint density at radius 2 is 2.11 bits per heavy atom. The van der Waals surface area contributed by atoms with E-state index in [1.807, 2.05) is 35.0 Å². The highest BCUT2D eigenvalue weighted by atomic mass is 19.1. The average molecular weight is 255 g/mol. The molecule has 2 aromatic heterocycles. The van der Waals surface area contributed by atoms with Gasteiger partial charge in [0.2, 0.25) is 0 Å². The fourth-order valence-corrected chi connectivity index (χ4v) is 2.32. The lowest BCUT2D eigenvalue weighted by molar-refractivity contribution is 0.450. The molecule has 0 radical (unpaired) electrons. The molecule has 0 saturated carbocycles. The molecule has 0 unspecified atom stereocenters. The van der Waals surface area contributed by atoms with Crippen LogP contribution in [0.25, 0.3) is 22.2 Å². The van der Waals surface area contributed by atoms with Crippen molar-refractivity contribution in [1.29, 1.82) is 0 Å². The molecule has 2 heterocycles. The molecule has 96 valence electrons. The standard InChI is InChI=1S/C15H14FN3/c1-11-5-7-17-9-13(11)12-3-2-4-14-15(12)18-10-19(14)8-6-16/h2-5,7,9-10H,6,8H2,1H3. The molecule has 0 N–H and O–H groups in total. The number of pyridine rings is 1. The van der Waals surface area contributed by atoms with Crippen molar-refractivity contribution in [2.24, 2.45) is 0 Å². The number of imidazole rings is 1. The molecule has 1 aromatic carbocycles. The van der Waals surface area contributed by atoms with Crippen molar-refractivity contribution in [3.8, 4) is 11.1 Å². The molecule has 0 bridgehead atoms. The van der Waals surface area contributed by atoms with Crippen molar-refractivity contribution >= 4 is 11.0 Å². The van der Waals surface area contributed by atoms with E-state index in [0.29, 0.717) is 6.54 Å². The summed E-state index contributed by atoms with van der Waals surface area (Å²) < 4.78 is 14.4. The van der Waals surface area contributed by atoms with Gasteiger partial charge in [-0.2, -0.15) is 0 Å². The van der Waals surface area contributed by atoms with E-state index in [-0.39, 0.29) is 6.67 Å². The van der Waals surface area contributed by atoms with Crippen LogP contribution in [-0.4, -0.2) is 21.2 Å². The van der Waals surface area contributed by atoms with Crippen LogP contribution in [0.2, 0.25) is 0 Å². The number of hydrogen-bond donors (Lipinski definition) is 0. The van der Waals surface area contributed by atoms with Crippen molar-refractivity contribution in [2.45, 2.75) is 13.5 Å². The molecule has 0 aliphatic carbocycles. The summed E-state index contributed by atoms with van der Waals surface area (Å²) in [5.41, 5.74) is 5.12. The Kier molecular flexibility index (Phi) is 2.99. The number of alkyl halides is 1. The molecule has 19 heavy (non-hydrogen) atoms. The summed E-state index contributed by atoms with van der Waals surface area (Å²) in [6, 6.07) is 7.94. The molecule has 0 atom stereocenters. The van der Waals surface area contributed by atoms with Gasteiger partial charge in [0.1, 0.15) is 6.67 Å². The zero-order chi connectivity index (χ0) is 13.2. The van der Waals surface area contributed by atoms with Gasteiger partial charge in [0, 0.05) is 23.5 Å². The van der Waals surface area contributed by atoms with E-state index in [9.17, 15) is 4.39 Å². The van der Waals surface area contributed by atoms with Gasteiger partial charge < -0.3 is 4.57 Å². The van der Waals surface area contributed by atoms with E-state index >= 15 is 0 Å². The molecule has 0 spiro atoms. The largest absolute Gasteiger partial charge is 0.328 e. The molecule has 0 saturated heterocycles. The van der Waals surface area contributed by atoms with Crippen LogP contribution in [0.1, 0.15) is 5.56 Å². The summed E-state index contributed by atoms with van der Waals surface area (Å²) in [7, 11) is 0. The first-order valence-electron chi connectivity index (χ1n) is 6.22. The number of benzene rings is 1. The highest BCUT2D eigenvalue weighted by molar-refractivity contribution is 5.92. The fraction of sp³-hybridized carbons (Fsp3) is 0.200. The Bertz CT molecular complexity index is 718. The molecule has 3 aromatic rings. The Labute approximate surface area is 110 Å². The van der Waals surface area contributed by atoms with Crippen molar-refractivity contribution in [3.63, 3.8) is 0 Å². The van der Waals surface area contributed by atoms with E-state index in [2.05, 4.69) is 16.9 Å². The number of aryl methyl sites for hydroxylation is 2. The number of halogens is 1. The third-order valence-electron chi connectivity index (χ3n) is 3.31. The Balaban J connectivity index is 2.23. The summed E-state index contributed by atoms with van der Waals surface area (Å²) in [5, 5.41) is 0. The highest BCUT2D eigenvalue weighted by Crippen LogP contribution is 2.29.